The number of thiophene rings is 1. The average molecular weight is 496 g/mol. The first kappa shape index (κ1) is 24.0. The Kier molecular flexibility index (Phi) is 7.98. The first-order valence-electron chi connectivity index (χ1n) is 11.3. The van der Waals surface area contributed by atoms with Crippen LogP contribution in [-0.4, -0.2) is 30.3 Å². The maximum Gasteiger partial charge on any atom is 0.261 e. The minimum atomic E-state index is -0.894. The predicted molar refractivity (Wildman–Crippen MR) is 135 cm³/mol. The molecule has 6 nitrogen and oxygen atoms in total. The molecule has 8 heteroatoms. The molecule has 2 aromatic carbocycles. The van der Waals surface area contributed by atoms with E-state index in [0.29, 0.717) is 21.2 Å². The van der Waals surface area contributed by atoms with Gasteiger partial charge in [0.25, 0.3) is 5.91 Å². The van der Waals surface area contributed by atoms with E-state index in [1.807, 2.05) is 30.3 Å². The largest absolute Gasteiger partial charge is 0.351 e. The molecule has 4 rings (SSSR count). The van der Waals surface area contributed by atoms with Crippen LogP contribution in [0.1, 0.15) is 47.0 Å². The minimum Gasteiger partial charge on any atom is -0.351 e. The number of hydrogen-bond acceptors (Lipinski definition) is 4. The molecule has 0 aliphatic heterocycles. The summed E-state index contributed by atoms with van der Waals surface area (Å²) in [7, 11) is 0. The van der Waals surface area contributed by atoms with Gasteiger partial charge in [0.05, 0.1) is 11.4 Å². The van der Waals surface area contributed by atoms with Crippen LogP contribution >= 0.6 is 22.9 Å². The zero-order chi connectivity index (χ0) is 23.9. The Morgan fingerprint density at radius 1 is 0.971 bits per heavy atom. The molecule has 1 atom stereocenters. The second kappa shape index (κ2) is 11.3. The topological polar surface area (TPSA) is 78.5 Å². The highest BCUT2D eigenvalue weighted by atomic mass is 35.5. The number of halogens is 1. The molecule has 1 aromatic heterocycles. The molecule has 0 saturated heterocycles. The third kappa shape index (κ3) is 5.85. The van der Waals surface area contributed by atoms with Crippen LogP contribution in [0.25, 0.3) is 0 Å². The van der Waals surface area contributed by atoms with Crippen LogP contribution in [0.15, 0.2) is 72.1 Å². The molecular formula is C26H26ClN3O3S. The molecule has 0 bridgehead atoms. The van der Waals surface area contributed by atoms with Crippen LogP contribution in [0, 0.1) is 0 Å². The molecule has 0 unspecified atom stereocenters. The maximum atomic E-state index is 13.6. The third-order valence-electron chi connectivity index (χ3n) is 5.84. The molecular weight excluding hydrogens is 470 g/mol. The van der Waals surface area contributed by atoms with E-state index in [1.165, 1.54) is 16.2 Å². The lowest BCUT2D eigenvalue weighted by Crippen LogP contribution is -2.49. The van der Waals surface area contributed by atoms with Crippen molar-refractivity contribution in [2.45, 2.75) is 37.8 Å². The number of amides is 3. The van der Waals surface area contributed by atoms with Gasteiger partial charge in [-0.15, -0.1) is 11.3 Å². The monoisotopic (exact) mass is 495 g/mol. The molecule has 176 valence electrons. The summed E-state index contributed by atoms with van der Waals surface area (Å²) in [5.74, 6) is -0.972. The zero-order valence-corrected chi connectivity index (χ0v) is 20.1. The first-order chi connectivity index (χ1) is 16.5. The number of carbonyl (C=O) groups is 3. The van der Waals surface area contributed by atoms with Gasteiger partial charge in [-0.2, -0.15) is 0 Å². The van der Waals surface area contributed by atoms with E-state index in [2.05, 4.69) is 10.6 Å². The highest BCUT2D eigenvalue weighted by Crippen LogP contribution is 2.30. The van der Waals surface area contributed by atoms with Gasteiger partial charge in [0, 0.05) is 16.8 Å². The Labute approximate surface area is 207 Å². The van der Waals surface area contributed by atoms with Gasteiger partial charge in [0.1, 0.15) is 6.04 Å². The van der Waals surface area contributed by atoms with Crippen molar-refractivity contribution in [3.63, 3.8) is 0 Å². The SMILES string of the molecule is O=C(NCC(=O)N(c1ccc(Cl)cc1)[C@H](C(=O)NC1CCCC1)c1ccccc1)c1cccs1. The van der Waals surface area contributed by atoms with E-state index >= 15 is 0 Å². The Bertz CT molecular complexity index is 1110. The summed E-state index contributed by atoms with van der Waals surface area (Å²) < 4.78 is 0. The summed E-state index contributed by atoms with van der Waals surface area (Å²) >= 11 is 7.39. The maximum absolute atomic E-state index is 13.6. The van der Waals surface area contributed by atoms with Crippen LogP contribution in [0.4, 0.5) is 5.69 Å². The number of benzene rings is 2. The van der Waals surface area contributed by atoms with Gasteiger partial charge in [0.15, 0.2) is 0 Å². The van der Waals surface area contributed by atoms with Crippen LogP contribution in [0.2, 0.25) is 5.02 Å². The molecule has 1 heterocycles. The molecule has 1 fully saturated rings. The van der Waals surface area contributed by atoms with Crippen molar-refractivity contribution in [3.8, 4) is 0 Å². The fourth-order valence-corrected chi connectivity index (χ4v) is 4.94. The van der Waals surface area contributed by atoms with Crippen LogP contribution in [0.5, 0.6) is 0 Å². The molecule has 3 amide bonds. The van der Waals surface area contributed by atoms with Gasteiger partial charge in [-0.05, 0) is 54.1 Å². The number of rotatable bonds is 8. The standard InChI is InChI=1S/C26H26ClN3O3S/c27-19-12-14-21(15-13-19)30(23(31)17-28-25(32)22-11-6-16-34-22)24(18-7-2-1-3-8-18)26(33)29-20-9-4-5-10-20/h1-3,6-8,11-16,20,24H,4-5,9-10,17H2,(H,28,32)(H,29,33)/t24-/m0/s1. The minimum absolute atomic E-state index is 0.0967. The van der Waals surface area contributed by atoms with Gasteiger partial charge in [0.2, 0.25) is 11.8 Å². The Morgan fingerprint density at radius 3 is 2.32 bits per heavy atom. The summed E-state index contributed by atoms with van der Waals surface area (Å²) in [4.78, 5) is 41.6. The molecule has 1 aliphatic rings. The lowest BCUT2D eigenvalue weighted by Gasteiger charge is -2.32. The van der Waals surface area contributed by atoms with Crippen molar-refractivity contribution in [1.82, 2.24) is 10.6 Å². The van der Waals surface area contributed by atoms with Gasteiger partial charge in [-0.3, -0.25) is 19.3 Å². The van der Waals surface area contributed by atoms with E-state index in [-0.39, 0.29) is 24.4 Å². The van der Waals surface area contributed by atoms with E-state index in [9.17, 15) is 14.4 Å². The van der Waals surface area contributed by atoms with Crippen molar-refractivity contribution >= 4 is 46.3 Å². The summed E-state index contributed by atoms with van der Waals surface area (Å²) in [6.45, 7) is -0.251. The quantitative estimate of drug-likeness (QED) is 0.463. The van der Waals surface area contributed by atoms with E-state index < -0.39 is 11.9 Å². The first-order valence-corrected chi connectivity index (χ1v) is 12.5. The zero-order valence-electron chi connectivity index (χ0n) is 18.6. The van der Waals surface area contributed by atoms with E-state index in [4.69, 9.17) is 11.6 Å². The van der Waals surface area contributed by atoms with Crippen molar-refractivity contribution in [3.05, 3.63) is 87.6 Å². The van der Waals surface area contributed by atoms with Crippen molar-refractivity contribution in [2.24, 2.45) is 0 Å². The Hall–Kier alpha value is -3.16. The second-order valence-electron chi connectivity index (χ2n) is 8.20. The Balaban J connectivity index is 1.65. The normalized spacial score (nSPS) is 14.4. The van der Waals surface area contributed by atoms with E-state index in [1.54, 1.807) is 41.8 Å². The van der Waals surface area contributed by atoms with Crippen LogP contribution in [-0.2, 0) is 9.59 Å². The number of carbonyl (C=O) groups excluding carboxylic acids is 3. The summed E-state index contributed by atoms with van der Waals surface area (Å²) in [6.07, 6.45) is 4.02. The molecule has 1 aliphatic carbocycles. The molecule has 34 heavy (non-hydrogen) atoms. The molecule has 1 saturated carbocycles. The second-order valence-corrected chi connectivity index (χ2v) is 9.59. The van der Waals surface area contributed by atoms with Gasteiger partial charge >= 0.3 is 0 Å². The average Bonchev–Trinajstić information content (AvgIpc) is 3.57. The Morgan fingerprint density at radius 2 is 1.68 bits per heavy atom. The third-order valence-corrected chi connectivity index (χ3v) is 6.96. The number of nitrogens with zero attached hydrogens (tertiary/aromatic N) is 1. The fraction of sp³-hybridized carbons (Fsp3) is 0.269. The summed E-state index contributed by atoms with van der Waals surface area (Å²) in [6, 6.07) is 18.7. The number of nitrogens with one attached hydrogen (secondary N) is 2. The van der Waals surface area contributed by atoms with Gasteiger partial charge in [-0.25, -0.2) is 0 Å². The van der Waals surface area contributed by atoms with Crippen LogP contribution in [0.3, 0.4) is 0 Å². The van der Waals surface area contributed by atoms with Gasteiger partial charge < -0.3 is 10.6 Å². The number of anilines is 1. The predicted octanol–water partition coefficient (Wildman–Crippen LogP) is 4.96. The molecule has 3 aromatic rings. The van der Waals surface area contributed by atoms with Gasteiger partial charge in [-0.1, -0.05) is 60.8 Å². The van der Waals surface area contributed by atoms with Crippen molar-refractivity contribution < 1.29 is 14.4 Å². The van der Waals surface area contributed by atoms with Crippen LogP contribution < -0.4 is 15.5 Å². The smallest absolute Gasteiger partial charge is 0.261 e. The molecule has 0 radical (unpaired) electrons. The lowest BCUT2D eigenvalue weighted by atomic mass is 10.0. The lowest BCUT2D eigenvalue weighted by molar-refractivity contribution is -0.126. The summed E-state index contributed by atoms with van der Waals surface area (Å²) in [5, 5.41) is 8.15. The van der Waals surface area contributed by atoms with Crippen molar-refractivity contribution in [1.29, 1.82) is 0 Å². The highest BCUT2D eigenvalue weighted by Gasteiger charge is 2.34. The number of hydrogen-bond donors (Lipinski definition) is 2. The molecule has 2 N–H and O–H groups in total. The van der Waals surface area contributed by atoms with E-state index in [0.717, 1.165) is 25.7 Å². The summed E-state index contributed by atoms with van der Waals surface area (Å²) in [5.41, 5.74) is 1.21. The fourth-order valence-electron chi connectivity index (χ4n) is 4.18. The highest BCUT2D eigenvalue weighted by molar-refractivity contribution is 7.12. The van der Waals surface area contributed by atoms with Crippen molar-refractivity contribution in [2.75, 3.05) is 11.4 Å². The molecule has 0 spiro atoms.